The fourth-order valence-corrected chi connectivity index (χ4v) is 4.19. The normalized spacial score (nSPS) is 11.3. The molecule has 0 bridgehead atoms. The lowest BCUT2D eigenvalue weighted by Gasteiger charge is -2.18. The maximum Gasteiger partial charge on any atom is 0.335 e. The molecule has 0 saturated heterocycles. The van der Waals surface area contributed by atoms with E-state index < -0.39 is 5.97 Å². The lowest BCUT2D eigenvalue weighted by atomic mass is 9.87. The quantitative estimate of drug-likeness (QED) is 0.161. The summed E-state index contributed by atoms with van der Waals surface area (Å²) in [5.41, 5.74) is 1.03. The minimum Gasteiger partial charge on any atom is -0.507 e. The van der Waals surface area contributed by atoms with E-state index in [0.717, 1.165) is 44.9 Å². The SMILES string of the molecule is COc1ccc(C(=O)O)cc1OCCCCCCCCCCOc1ccc(C(=O)CC(C)(C)C)c(O)c1C. The first-order chi connectivity index (χ1) is 18.0. The molecule has 0 amide bonds. The molecule has 38 heavy (non-hydrogen) atoms. The number of ether oxygens (including phenoxy) is 3. The van der Waals surface area contributed by atoms with Crippen LogP contribution in [0.1, 0.15) is 105 Å². The average Bonchev–Trinajstić information content (AvgIpc) is 2.85. The summed E-state index contributed by atoms with van der Waals surface area (Å²) in [5, 5.41) is 19.6. The number of carboxylic acid groups (broad SMARTS) is 1. The summed E-state index contributed by atoms with van der Waals surface area (Å²) in [6, 6.07) is 8.07. The van der Waals surface area contributed by atoms with Crippen LogP contribution in [0.15, 0.2) is 30.3 Å². The molecule has 0 saturated carbocycles. The molecule has 0 unspecified atom stereocenters. The highest BCUT2D eigenvalue weighted by molar-refractivity contribution is 5.99. The summed E-state index contributed by atoms with van der Waals surface area (Å²) in [4.78, 5) is 23.6. The van der Waals surface area contributed by atoms with Crippen molar-refractivity contribution in [1.82, 2.24) is 0 Å². The molecule has 0 fully saturated rings. The fourth-order valence-electron chi connectivity index (χ4n) is 4.19. The third kappa shape index (κ3) is 10.3. The van der Waals surface area contributed by atoms with Crippen molar-refractivity contribution in [2.45, 2.75) is 85.5 Å². The van der Waals surface area contributed by atoms with E-state index in [2.05, 4.69) is 0 Å². The number of carboxylic acids is 1. The summed E-state index contributed by atoms with van der Waals surface area (Å²) in [6.07, 6.45) is 8.96. The van der Waals surface area contributed by atoms with Gasteiger partial charge in [-0.05, 0) is 55.5 Å². The van der Waals surface area contributed by atoms with Gasteiger partial charge in [-0.2, -0.15) is 0 Å². The summed E-state index contributed by atoms with van der Waals surface area (Å²) in [6.45, 7) is 8.91. The topological polar surface area (TPSA) is 102 Å². The highest BCUT2D eigenvalue weighted by atomic mass is 16.5. The predicted molar refractivity (Wildman–Crippen MR) is 149 cm³/mol. The smallest absolute Gasteiger partial charge is 0.335 e. The molecule has 2 aromatic rings. The number of aromatic hydroxyl groups is 1. The molecule has 7 nitrogen and oxygen atoms in total. The monoisotopic (exact) mass is 528 g/mol. The number of rotatable bonds is 17. The number of phenols is 1. The molecule has 0 aromatic heterocycles. The van der Waals surface area contributed by atoms with Gasteiger partial charge >= 0.3 is 5.97 Å². The molecule has 2 aromatic carbocycles. The van der Waals surface area contributed by atoms with Crippen molar-refractivity contribution in [3.63, 3.8) is 0 Å². The Morgan fingerprint density at radius 3 is 1.84 bits per heavy atom. The van der Waals surface area contributed by atoms with Crippen LogP contribution in [0.5, 0.6) is 23.0 Å². The van der Waals surface area contributed by atoms with Gasteiger partial charge in [-0.3, -0.25) is 4.79 Å². The van der Waals surface area contributed by atoms with Crippen LogP contribution in [0.2, 0.25) is 0 Å². The van der Waals surface area contributed by atoms with Gasteiger partial charge in [0.2, 0.25) is 0 Å². The Morgan fingerprint density at radius 2 is 1.32 bits per heavy atom. The first-order valence-corrected chi connectivity index (χ1v) is 13.6. The van der Waals surface area contributed by atoms with Gasteiger partial charge in [0.05, 0.1) is 31.5 Å². The van der Waals surface area contributed by atoms with E-state index in [1.165, 1.54) is 25.7 Å². The van der Waals surface area contributed by atoms with Crippen molar-refractivity contribution in [2.24, 2.45) is 5.41 Å². The van der Waals surface area contributed by atoms with Gasteiger partial charge in [0.25, 0.3) is 0 Å². The number of hydrogen-bond acceptors (Lipinski definition) is 6. The fraction of sp³-hybridized carbons (Fsp3) is 0.548. The highest BCUT2D eigenvalue weighted by Crippen LogP contribution is 2.33. The Hall–Kier alpha value is -3.22. The Kier molecular flexibility index (Phi) is 12.4. The van der Waals surface area contributed by atoms with E-state index in [1.54, 1.807) is 25.1 Å². The van der Waals surface area contributed by atoms with Gasteiger partial charge in [-0.15, -0.1) is 0 Å². The van der Waals surface area contributed by atoms with Crippen LogP contribution in [0.4, 0.5) is 0 Å². The number of phenolic OH excluding ortho intramolecular Hbond substituents is 1. The number of aromatic carboxylic acids is 1. The van der Waals surface area contributed by atoms with Crippen molar-refractivity contribution in [3.8, 4) is 23.0 Å². The first kappa shape index (κ1) is 31.0. The van der Waals surface area contributed by atoms with Crippen LogP contribution in [-0.4, -0.2) is 42.3 Å². The highest BCUT2D eigenvalue weighted by Gasteiger charge is 2.21. The molecule has 7 heteroatoms. The Labute approximate surface area is 227 Å². The second-order valence-electron chi connectivity index (χ2n) is 10.9. The van der Waals surface area contributed by atoms with E-state index in [1.807, 2.05) is 20.8 Å². The van der Waals surface area contributed by atoms with Gasteiger partial charge < -0.3 is 24.4 Å². The number of methoxy groups -OCH3 is 1. The van der Waals surface area contributed by atoms with E-state index in [9.17, 15) is 14.7 Å². The van der Waals surface area contributed by atoms with Gasteiger partial charge in [0.15, 0.2) is 17.3 Å². The number of hydrogen-bond donors (Lipinski definition) is 2. The lowest BCUT2D eigenvalue weighted by Crippen LogP contribution is -2.13. The largest absolute Gasteiger partial charge is 0.507 e. The van der Waals surface area contributed by atoms with Crippen LogP contribution in [0, 0.1) is 12.3 Å². The van der Waals surface area contributed by atoms with Crippen LogP contribution in [0.3, 0.4) is 0 Å². The van der Waals surface area contributed by atoms with Crippen LogP contribution >= 0.6 is 0 Å². The zero-order valence-corrected chi connectivity index (χ0v) is 23.6. The second kappa shape index (κ2) is 15.3. The van der Waals surface area contributed by atoms with E-state index in [0.29, 0.717) is 48.0 Å². The Balaban J connectivity index is 1.57. The van der Waals surface area contributed by atoms with Gasteiger partial charge in [-0.25, -0.2) is 4.79 Å². The average molecular weight is 529 g/mol. The number of benzene rings is 2. The molecule has 0 radical (unpaired) electrons. The second-order valence-corrected chi connectivity index (χ2v) is 10.9. The zero-order valence-electron chi connectivity index (χ0n) is 23.6. The van der Waals surface area contributed by atoms with Gasteiger partial charge in [0.1, 0.15) is 11.5 Å². The molecule has 2 rings (SSSR count). The first-order valence-electron chi connectivity index (χ1n) is 13.6. The van der Waals surface area contributed by atoms with Crippen LogP contribution < -0.4 is 14.2 Å². The predicted octanol–water partition coefficient (Wildman–Crippen LogP) is 7.60. The van der Waals surface area contributed by atoms with Crippen molar-refractivity contribution >= 4 is 11.8 Å². The number of Topliss-reactive ketones (excluding diaryl/α,β-unsaturated/α-hetero) is 1. The number of unbranched alkanes of at least 4 members (excludes halogenated alkanes) is 7. The van der Waals surface area contributed by atoms with Crippen molar-refractivity contribution in [1.29, 1.82) is 0 Å². The molecular formula is C31H44O7. The summed E-state index contributed by atoms with van der Waals surface area (Å²) in [5.74, 6) is 0.610. The van der Waals surface area contributed by atoms with Crippen LogP contribution in [0.25, 0.3) is 0 Å². The number of carbonyl (C=O) groups excluding carboxylic acids is 1. The third-order valence-corrected chi connectivity index (χ3v) is 6.34. The van der Waals surface area contributed by atoms with Crippen LogP contribution in [-0.2, 0) is 0 Å². The molecule has 0 heterocycles. The molecule has 0 aliphatic rings. The molecular weight excluding hydrogens is 484 g/mol. The maximum absolute atomic E-state index is 12.5. The molecule has 0 aliphatic carbocycles. The Bertz CT molecular complexity index is 1050. The summed E-state index contributed by atoms with van der Waals surface area (Å²) in [7, 11) is 1.54. The Morgan fingerprint density at radius 1 is 0.789 bits per heavy atom. The summed E-state index contributed by atoms with van der Waals surface area (Å²) >= 11 is 0. The lowest BCUT2D eigenvalue weighted by molar-refractivity contribution is 0.0695. The van der Waals surface area contributed by atoms with E-state index in [-0.39, 0.29) is 22.5 Å². The zero-order chi connectivity index (χ0) is 28.1. The van der Waals surface area contributed by atoms with Crippen molar-refractivity contribution in [2.75, 3.05) is 20.3 Å². The maximum atomic E-state index is 12.5. The van der Waals surface area contributed by atoms with Gasteiger partial charge in [-0.1, -0.05) is 59.3 Å². The molecule has 0 atom stereocenters. The third-order valence-electron chi connectivity index (χ3n) is 6.34. The minimum atomic E-state index is -0.989. The molecule has 210 valence electrons. The summed E-state index contributed by atoms with van der Waals surface area (Å²) < 4.78 is 16.9. The molecule has 2 N–H and O–H groups in total. The minimum absolute atomic E-state index is 0.0232. The van der Waals surface area contributed by atoms with Gasteiger partial charge in [0, 0.05) is 12.0 Å². The molecule has 0 spiro atoms. The van der Waals surface area contributed by atoms with Crippen molar-refractivity contribution in [3.05, 3.63) is 47.0 Å². The van der Waals surface area contributed by atoms with Crippen molar-refractivity contribution < 1.29 is 34.0 Å². The standard InChI is InChI=1S/C31H44O7/c1-22-26(17-15-24(29(22)33)25(32)21-31(2,3)4)37-18-12-10-8-6-7-9-11-13-19-38-28-20-23(30(34)35)14-16-27(28)36-5/h14-17,20,33H,6-13,18-19,21H2,1-5H3,(H,34,35). The number of carbonyl (C=O) groups is 2. The molecule has 0 aliphatic heterocycles. The van der Waals surface area contributed by atoms with E-state index >= 15 is 0 Å². The number of ketones is 1. The van der Waals surface area contributed by atoms with E-state index in [4.69, 9.17) is 19.3 Å².